The third kappa shape index (κ3) is 5.25. The van der Waals surface area contributed by atoms with Crippen molar-refractivity contribution in [1.29, 1.82) is 0 Å². The number of carbonyl (C=O) groups excluding carboxylic acids is 2. The summed E-state index contributed by atoms with van der Waals surface area (Å²) < 4.78 is 5.41. The fourth-order valence-corrected chi connectivity index (χ4v) is 4.84. The van der Waals surface area contributed by atoms with Gasteiger partial charge < -0.3 is 14.6 Å². The summed E-state index contributed by atoms with van der Waals surface area (Å²) in [7, 11) is 0. The summed E-state index contributed by atoms with van der Waals surface area (Å²) in [5.41, 5.74) is 1.91. The molecule has 3 aromatic rings. The van der Waals surface area contributed by atoms with E-state index in [2.05, 4.69) is 5.32 Å². The molecule has 0 aliphatic heterocycles. The van der Waals surface area contributed by atoms with Gasteiger partial charge in [-0.1, -0.05) is 55.2 Å². The van der Waals surface area contributed by atoms with Gasteiger partial charge in [-0.3, -0.25) is 9.59 Å². The van der Waals surface area contributed by atoms with Gasteiger partial charge >= 0.3 is 0 Å². The van der Waals surface area contributed by atoms with E-state index in [-0.39, 0.29) is 23.6 Å². The van der Waals surface area contributed by atoms with E-state index >= 15 is 0 Å². The van der Waals surface area contributed by atoms with Gasteiger partial charge in [0.25, 0.3) is 5.91 Å². The summed E-state index contributed by atoms with van der Waals surface area (Å²) in [6.45, 7) is 2.35. The number of benzene rings is 1. The minimum absolute atomic E-state index is 0.132. The molecule has 2 heterocycles. The van der Waals surface area contributed by atoms with Crippen molar-refractivity contribution in [2.75, 3.05) is 0 Å². The lowest BCUT2D eigenvalue weighted by atomic mass is 9.94. The van der Waals surface area contributed by atoms with Crippen molar-refractivity contribution in [3.8, 4) is 0 Å². The first-order valence-electron chi connectivity index (χ1n) is 10.9. The van der Waals surface area contributed by atoms with Crippen LogP contribution in [0, 0.1) is 6.92 Å². The minimum Gasteiger partial charge on any atom is -0.459 e. The Labute approximate surface area is 187 Å². The smallest absolute Gasteiger partial charge is 0.290 e. The van der Waals surface area contributed by atoms with Gasteiger partial charge in [-0.2, -0.15) is 0 Å². The molecule has 1 aliphatic carbocycles. The van der Waals surface area contributed by atoms with Crippen LogP contribution >= 0.6 is 11.3 Å². The van der Waals surface area contributed by atoms with Crippen LogP contribution in [-0.2, 0) is 11.3 Å². The lowest BCUT2D eigenvalue weighted by Crippen LogP contribution is -2.46. The second-order valence-corrected chi connectivity index (χ2v) is 9.18. The zero-order valence-electron chi connectivity index (χ0n) is 17.8. The van der Waals surface area contributed by atoms with Crippen LogP contribution in [-0.4, -0.2) is 22.8 Å². The number of furan rings is 1. The third-order valence-electron chi connectivity index (χ3n) is 5.80. The second kappa shape index (κ2) is 9.96. The number of amides is 2. The zero-order valence-corrected chi connectivity index (χ0v) is 18.6. The monoisotopic (exact) mass is 436 g/mol. The Morgan fingerprint density at radius 1 is 1.10 bits per heavy atom. The van der Waals surface area contributed by atoms with Crippen LogP contribution in [0.15, 0.2) is 64.6 Å². The van der Waals surface area contributed by atoms with E-state index in [1.54, 1.807) is 28.4 Å². The Kier molecular flexibility index (Phi) is 6.87. The molecule has 1 fully saturated rings. The molecule has 2 aromatic heterocycles. The highest BCUT2D eigenvalue weighted by molar-refractivity contribution is 7.09. The Morgan fingerprint density at radius 2 is 1.87 bits per heavy atom. The highest BCUT2D eigenvalue weighted by Gasteiger charge is 2.34. The van der Waals surface area contributed by atoms with Crippen LogP contribution < -0.4 is 5.32 Å². The summed E-state index contributed by atoms with van der Waals surface area (Å²) in [4.78, 5) is 29.7. The number of nitrogens with zero attached hydrogens (tertiary/aromatic N) is 1. The van der Waals surface area contributed by atoms with Gasteiger partial charge in [-0.25, -0.2) is 0 Å². The van der Waals surface area contributed by atoms with Crippen LogP contribution in [0.4, 0.5) is 0 Å². The molecular formula is C25H28N2O3S. The van der Waals surface area contributed by atoms with Gasteiger partial charge in [0.1, 0.15) is 6.04 Å². The molecule has 6 heteroatoms. The second-order valence-electron chi connectivity index (χ2n) is 8.15. The highest BCUT2D eigenvalue weighted by Crippen LogP contribution is 2.28. The van der Waals surface area contributed by atoms with Gasteiger partial charge in [-0.15, -0.1) is 11.3 Å². The molecule has 162 valence electrons. The number of aryl methyl sites for hydroxylation is 1. The molecule has 5 nitrogen and oxygen atoms in total. The molecule has 0 bridgehead atoms. The van der Waals surface area contributed by atoms with Gasteiger partial charge in [-0.05, 0) is 48.9 Å². The Bertz CT molecular complexity index is 974. The van der Waals surface area contributed by atoms with Crippen molar-refractivity contribution in [1.82, 2.24) is 10.2 Å². The summed E-state index contributed by atoms with van der Waals surface area (Å²) in [6, 6.07) is 14.6. The van der Waals surface area contributed by atoms with Crippen LogP contribution in [0.25, 0.3) is 0 Å². The average molecular weight is 437 g/mol. The van der Waals surface area contributed by atoms with E-state index in [4.69, 9.17) is 4.42 Å². The maximum Gasteiger partial charge on any atom is 0.290 e. The first kappa shape index (κ1) is 21.4. The molecule has 0 saturated heterocycles. The van der Waals surface area contributed by atoms with Gasteiger partial charge in [0.15, 0.2) is 5.76 Å². The molecular weight excluding hydrogens is 408 g/mol. The molecule has 1 atom stereocenters. The number of carbonyl (C=O) groups is 2. The largest absolute Gasteiger partial charge is 0.459 e. The quantitative estimate of drug-likeness (QED) is 0.533. The van der Waals surface area contributed by atoms with Crippen LogP contribution in [0.1, 0.15) is 64.7 Å². The van der Waals surface area contributed by atoms with E-state index < -0.39 is 6.04 Å². The fraction of sp³-hybridized carbons (Fsp3) is 0.360. The molecule has 0 radical (unpaired) electrons. The van der Waals surface area contributed by atoms with E-state index in [0.717, 1.165) is 41.7 Å². The normalized spacial score (nSPS) is 15.4. The molecule has 1 unspecified atom stereocenters. The first-order chi connectivity index (χ1) is 15.1. The Balaban J connectivity index is 1.70. The van der Waals surface area contributed by atoms with Crippen molar-refractivity contribution in [3.63, 3.8) is 0 Å². The summed E-state index contributed by atoms with van der Waals surface area (Å²) in [6.07, 6.45) is 6.94. The van der Waals surface area contributed by atoms with Crippen molar-refractivity contribution in [3.05, 3.63) is 81.9 Å². The molecule has 4 rings (SSSR count). The van der Waals surface area contributed by atoms with Crippen molar-refractivity contribution < 1.29 is 14.0 Å². The predicted molar refractivity (Wildman–Crippen MR) is 122 cm³/mol. The SMILES string of the molecule is Cc1ccc(C(C(=O)NC2CCCCC2)N(Cc2cccs2)C(=O)c2ccco2)cc1. The fourth-order valence-electron chi connectivity index (χ4n) is 4.14. The number of hydrogen-bond donors (Lipinski definition) is 1. The van der Waals surface area contributed by atoms with E-state index in [9.17, 15) is 9.59 Å². The standard InChI is InChI=1S/C25H28N2O3S/c1-18-11-13-19(14-12-18)23(24(28)26-20-7-3-2-4-8-20)27(17-21-9-6-16-31-21)25(29)22-10-5-15-30-22/h5-6,9-16,20,23H,2-4,7-8,17H2,1H3,(H,26,28). The number of thiophene rings is 1. The van der Waals surface area contributed by atoms with E-state index in [0.29, 0.717) is 6.54 Å². The van der Waals surface area contributed by atoms with Crippen LogP contribution in [0.2, 0.25) is 0 Å². The average Bonchev–Trinajstić information content (AvgIpc) is 3.49. The van der Waals surface area contributed by atoms with Crippen molar-refractivity contribution >= 4 is 23.2 Å². The topological polar surface area (TPSA) is 62.6 Å². The van der Waals surface area contributed by atoms with Crippen molar-refractivity contribution in [2.24, 2.45) is 0 Å². The third-order valence-corrected chi connectivity index (χ3v) is 6.66. The van der Waals surface area contributed by atoms with Gasteiger partial charge in [0.2, 0.25) is 5.91 Å². The Morgan fingerprint density at radius 3 is 2.52 bits per heavy atom. The summed E-state index contributed by atoms with van der Waals surface area (Å²) in [5, 5.41) is 5.21. The highest BCUT2D eigenvalue weighted by atomic mass is 32.1. The number of nitrogens with one attached hydrogen (secondary N) is 1. The van der Waals surface area contributed by atoms with Crippen LogP contribution in [0.5, 0.6) is 0 Å². The molecule has 31 heavy (non-hydrogen) atoms. The molecule has 1 N–H and O–H groups in total. The van der Waals surface area contributed by atoms with E-state index in [1.807, 2.05) is 48.7 Å². The molecule has 1 aromatic carbocycles. The number of hydrogen-bond acceptors (Lipinski definition) is 4. The van der Waals surface area contributed by atoms with E-state index in [1.165, 1.54) is 12.7 Å². The van der Waals surface area contributed by atoms with Gasteiger partial charge in [0.05, 0.1) is 12.8 Å². The summed E-state index contributed by atoms with van der Waals surface area (Å²) in [5.74, 6) is -0.186. The molecule has 1 saturated carbocycles. The number of rotatable bonds is 7. The van der Waals surface area contributed by atoms with Crippen molar-refractivity contribution in [2.45, 2.75) is 57.7 Å². The zero-order chi connectivity index (χ0) is 21.6. The molecule has 0 spiro atoms. The first-order valence-corrected chi connectivity index (χ1v) is 11.7. The molecule has 1 aliphatic rings. The lowest BCUT2D eigenvalue weighted by molar-refractivity contribution is -0.127. The maximum absolute atomic E-state index is 13.6. The maximum atomic E-state index is 13.6. The lowest BCUT2D eigenvalue weighted by Gasteiger charge is -2.32. The van der Waals surface area contributed by atoms with Gasteiger partial charge in [0, 0.05) is 10.9 Å². The minimum atomic E-state index is -0.734. The Hall–Kier alpha value is -2.86. The predicted octanol–water partition coefficient (Wildman–Crippen LogP) is 5.48. The molecule has 2 amide bonds. The van der Waals surface area contributed by atoms with Crippen LogP contribution in [0.3, 0.4) is 0 Å². The summed E-state index contributed by atoms with van der Waals surface area (Å²) >= 11 is 1.57.